The van der Waals surface area contributed by atoms with Gasteiger partial charge in [-0.05, 0) is 31.1 Å². The Morgan fingerprint density at radius 2 is 2.00 bits per heavy atom. The van der Waals surface area contributed by atoms with Crippen LogP contribution in [0.25, 0.3) is 0 Å². The molecule has 5 heteroatoms. The Bertz CT molecular complexity index is 382. The molecule has 0 aliphatic carbocycles. The van der Waals surface area contributed by atoms with Crippen molar-refractivity contribution in [1.29, 1.82) is 0 Å². The summed E-state index contributed by atoms with van der Waals surface area (Å²) in [5.74, 6) is 0. The number of nitrogens with zero attached hydrogens (tertiary/aromatic N) is 1. The van der Waals surface area contributed by atoms with E-state index < -0.39 is 11.7 Å². The van der Waals surface area contributed by atoms with Crippen LogP contribution < -0.4 is 5.32 Å². The first-order valence-electron chi connectivity index (χ1n) is 6.15. The zero-order valence-corrected chi connectivity index (χ0v) is 10.1. The van der Waals surface area contributed by atoms with Crippen molar-refractivity contribution >= 4 is 0 Å². The van der Waals surface area contributed by atoms with E-state index in [2.05, 4.69) is 10.2 Å². The molecule has 1 heterocycles. The first-order chi connectivity index (χ1) is 8.55. The van der Waals surface area contributed by atoms with Crippen LogP contribution in [0, 0.1) is 0 Å². The smallest absolute Gasteiger partial charge is 0.315 e. The van der Waals surface area contributed by atoms with Crippen LogP contribution in [0.15, 0.2) is 24.3 Å². The number of benzene rings is 1. The highest BCUT2D eigenvalue weighted by Crippen LogP contribution is 2.29. The Labute approximate surface area is 105 Å². The molecule has 1 aromatic rings. The molecule has 1 N–H and O–H groups in total. The summed E-state index contributed by atoms with van der Waals surface area (Å²) in [6, 6.07) is 5.60. The van der Waals surface area contributed by atoms with E-state index in [1.54, 1.807) is 6.07 Å². The molecule has 0 atom stereocenters. The fourth-order valence-corrected chi connectivity index (χ4v) is 2.16. The van der Waals surface area contributed by atoms with Crippen molar-refractivity contribution in [3.8, 4) is 0 Å². The van der Waals surface area contributed by atoms with Gasteiger partial charge in [0.05, 0.1) is 5.56 Å². The molecule has 2 nitrogen and oxygen atoms in total. The van der Waals surface area contributed by atoms with Gasteiger partial charge in [0.15, 0.2) is 0 Å². The molecule has 0 unspecified atom stereocenters. The van der Waals surface area contributed by atoms with Gasteiger partial charge in [0.2, 0.25) is 0 Å². The van der Waals surface area contributed by atoms with Crippen LogP contribution in [0.4, 0.5) is 13.2 Å². The SMILES string of the molecule is FC(F)(F)c1cccc(CN2CCCNCC2)c1. The Hall–Kier alpha value is -1.07. The number of rotatable bonds is 2. The van der Waals surface area contributed by atoms with E-state index in [0.717, 1.165) is 44.2 Å². The van der Waals surface area contributed by atoms with Crippen molar-refractivity contribution in [3.63, 3.8) is 0 Å². The van der Waals surface area contributed by atoms with E-state index in [-0.39, 0.29) is 0 Å². The van der Waals surface area contributed by atoms with Crippen LogP contribution >= 0.6 is 0 Å². The predicted molar refractivity (Wildman–Crippen MR) is 64.2 cm³/mol. The van der Waals surface area contributed by atoms with Crippen LogP contribution in [0.2, 0.25) is 0 Å². The number of halogens is 3. The number of hydrogen-bond donors (Lipinski definition) is 1. The van der Waals surface area contributed by atoms with Gasteiger partial charge in [-0.2, -0.15) is 13.2 Å². The molecule has 0 saturated carbocycles. The zero-order chi connectivity index (χ0) is 13.0. The van der Waals surface area contributed by atoms with Crippen molar-refractivity contribution in [3.05, 3.63) is 35.4 Å². The predicted octanol–water partition coefficient (Wildman–Crippen LogP) is 2.50. The average Bonchev–Trinajstić information content (AvgIpc) is 2.57. The Morgan fingerprint density at radius 1 is 1.17 bits per heavy atom. The van der Waals surface area contributed by atoms with Crippen molar-refractivity contribution in [2.24, 2.45) is 0 Å². The number of hydrogen-bond acceptors (Lipinski definition) is 2. The summed E-state index contributed by atoms with van der Waals surface area (Å²) in [6.45, 7) is 4.29. The Balaban J connectivity index is 2.04. The zero-order valence-electron chi connectivity index (χ0n) is 10.1. The number of nitrogens with one attached hydrogen (secondary N) is 1. The molecule has 0 aromatic heterocycles. The van der Waals surface area contributed by atoms with Gasteiger partial charge in [-0.15, -0.1) is 0 Å². The molecule has 2 rings (SSSR count). The highest BCUT2D eigenvalue weighted by Gasteiger charge is 2.30. The fraction of sp³-hybridized carbons (Fsp3) is 0.538. The Morgan fingerprint density at radius 3 is 2.78 bits per heavy atom. The lowest BCUT2D eigenvalue weighted by atomic mass is 10.1. The third-order valence-corrected chi connectivity index (χ3v) is 3.09. The summed E-state index contributed by atoms with van der Waals surface area (Å²) in [7, 11) is 0. The molecular weight excluding hydrogens is 241 g/mol. The van der Waals surface area contributed by atoms with Crippen molar-refractivity contribution < 1.29 is 13.2 Å². The maximum Gasteiger partial charge on any atom is 0.416 e. The van der Waals surface area contributed by atoms with Crippen molar-refractivity contribution in [2.75, 3.05) is 26.2 Å². The second-order valence-corrected chi connectivity index (χ2v) is 4.58. The van der Waals surface area contributed by atoms with Gasteiger partial charge in [0, 0.05) is 19.6 Å². The summed E-state index contributed by atoms with van der Waals surface area (Å²) in [5, 5.41) is 3.28. The molecule has 1 saturated heterocycles. The van der Waals surface area contributed by atoms with Gasteiger partial charge >= 0.3 is 6.18 Å². The normalized spacial score (nSPS) is 18.6. The first kappa shape index (κ1) is 13.4. The summed E-state index contributed by atoms with van der Waals surface area (Å²) in [5.41, 5.74) is 0.166. The van der Waals surface area contributed by atoms with E-state index >= 15 is 0 Å². The second-order valence-electron chi connectivity index (χ2n) is 4.58. The first-order valence-corrected chi connectivity index (χ1v) is 6.15. The van der Waals surface area contributed by atoms with Crippen molar-refractivity contribution in [2.45, 2.75) is 19.1 Å². The van der Waals surface area contributed by atoms with Crippen LogP contribution in [0.5, 0.6) is 0 Å². The topological polar surface area (TPSA) is 15.3 Å². The van der Waals surface area contributed by atoms with E-state index in [0.29, 0.717) is 6.54 Å². The van der Waals surface area contributed by atoms with Gasteiger partial charge in [0.25, 0.3) is 0 Å². The van der Waals surface area contributed by atoms with Gasteiger partial charge < -0.3 is 5.32 Å². The quantitative estimate of drug-likeness (QED) is 0.876. The van der Waals surface area contributed by atoms with Crippen LogP contribution in [0.1, 0.15) is 17.5 Å². The molecule has 1 aliphatic rings. The molecule has 1 aliphatic heterocycles. The summed E-state index contributed by atoms with van der Waals surface area (Å²) in [4.78, 5) is 2.19. The minimum absolute atomic E-state index is 0.562. The standard InChI is InChI=1S/C13H17F3N2/c14-13(15,16)12-4-1-3-11(9-12)10-18-7-2-5-17-6-8-18/h1,3-4,9,17H,2,5-8,10H2. The van der Waals surface area contributed by atoms with Crippen molar-refractivity contribution in [1.82, 2.24) is 10.2 Å². The van der Waals surface area contributed by atoms with Gasteiger partial charge in [-0.3, -0.25) is 4.90 Å². The maximum atomic E-state index is 12.6. The lowest BCUT2D eigenvalue weighted by molar-refractivity contribution is -0.137. The lowest BCUT2D eigenvalue weighted by Gasteiger charge is -2.20. The second kappa shape index (κ2) is 5.71. The van der Waals surface area contributed by atoms with E-state index in [1.165, 1.54) is 12.1 Å². The molecule has 0 radical (unpaired) electrons. The monoisotopic (exact) mass is 258 g/mol. The highest BCUT2D eigenvalue weighted by molar-refractivity contribution is 5.25. The molecule has 18 heavy (non-hydrogen) atoms. The van der Waals surface area contributed by atoms with Gasteiger partial charge in [0.1, 0.15) is 0 Å². The number of alkyl halides is 3. The molecule has 1 fully saturated rings. The molecule has 0 amide bonds. The van der Waals surface area contributed by atoms with E-state index in [1.807, 2.05) is 0 Å². The van der Waals surface area contributed by atoms with E-state index in [9.17, 15) is 13.2 Å². The summed E-state index contributed by atoms with van der Waals surface area (Å²) < 4.78 is 37.8. The highest BCUT2D eigenvalue weighted by atomic mass is 19.4. The maximum absolute atomic E-state index is 12.6. The van der Waals surface area contributed by atoms with Gasteiger partial charge in [-0.25, -0.2) is 0 Å². The minimum atomic E-state index is -4.25. The minimum Gasteiger partial charge on any atom is -0.315 e. The largest absolute Gasteiger partial charge is 0.416 e. The molecule has 100 valence electrons. The Kier molecular flexibility index (Phi) is 4.24. The summed E-state index contributed by atoms with van der Waals surface area (Å²) in [6.07, 6.45) is -3.21. The van der Waals surface area contributed by atoms with Crippen LogP contribution in [0.3, 0.4) is 0 Å². The fourth-order valence-electron chi connectivity index (χ4n) is 2.16. The third kappa shape index (κ3) is 3.71. The summed E-state index contributed by atoms with van der Waals surface area (Å²) >= 11 is 0. The van der Waals surface area contributed by atoms with Gasteiger partial charge in [-0.1, -0.05) is 18.2 Å². The average molecular weight is 258 g/mol. The van der Waals surface area contributed by atoms with Crippen LogP contribution in [-0.4, -0.2) is 31.1 Å². The molecule has 0 spiro atoms. The van der Waals surface area contributed by atoms with Crippen LogP contribution in [-0.2, 0) is 12.7 Å². The third-order valence-electron chi connectivity index (χ3n) is 3.09. The molecule has 0 bridgehead atoms. The molecular formula is C13H17F3N2. The lowest BCUT2D eigenvalue weighted by Crippen LogP contribution is -2.27. The molecule has 1 aromatic carbocycles. The van der Waals surface area contributed by atoms with E-state index in [4.69, 9.17) is 0 Å².